The van der Waals surface area contributed by atoms with Crippen molar-refractivity contribution in [3.05, 3.63) is 39.7 Å². The molecule has 3 aromatic heterocycles. The van der Waals surface area contributed by atoms with Crippen LogP contribution in [0.15, 0.2) is 12.3 Å². The minimum absolute atomic E-state index is 0.00166. The van der Waals surface area contributed by atoms with Gasteiger partial charge in [-0.25, -0.2) is 19.7 Å². The topological polar surface area (TPSA) is 145 Å². The first-order chi connectivity index (χ1) is 19.8. The Balaban J connectivity index is 1.25. The number of nitrogen functional groups attached to an aromatic ring is 1. The van der Waals surface area contributed by atoms with Gasteiger partial charge in [-0.2, -0.15) is 0 Å². The molecule has 0 bridgehead atoms. The predicted molar refractivity (Wildman–Crippen MR) is 164 cm³/mol. The van der Waals surface area contributed by atoms with E-state index in [1.54, 1.807) is 0 Å². The van der Waals surface area contributed by atoms with Gasteiger partial charge >= 0.3 is 6.09 Å². The molecule has 4 N–H and O–H groups in total. The van der Waals surface area contributed by atoms with Gasteiger partial charge in [0.15, 0.2) is 0 Å². The third-order valence-electron chi connectivity index (χ3n) is 7.40. The zero-order valence-corrected chi connectivity index (χ0v) is 26.2. The van der Waals surface area contributed by atoms with Gasteiger partial charge in [-0.15, -0.1) is 11.3 Å². The van der Waals surface area contributed by atoms with Gasteiger partial charge in [0.2, 0.25) is 5.95 Å². The van der Waals surface area contributed by atoms with E-state index in [1.807, 2.05) is 65.6 Å². The average Bonchev–Trinajstić information content (AvgIpc) is 3.42. The Morgan fingerprint density at radius 3 is 2.64 bits per heavy atom. The van der Waals surface area contributed by atoms with E-state index in [2.05, 4.69) is 20.6 Å². The largest absolute Gasteiger partial charge is 0.444 e. The van der Waals surface area contributed by atoms with Crippen molar-refractivity contribution in [1.29, 1.82) is 0 Å². The molecular formula is C30H41N7O4S. The van der Waals surface area contributed by atoms with Gasteiger partial charge in [-0.1, -0.05) is 0 Å². The fourth-order valence-electron chi connectivity index (χ4n) is 5.68. The molecule has 0 saturated carbocycles. The molecule has 226 valence electrons. The summed E-state index contributed by atoms with van der Waals surface area (Å²) in [5.74, 6) is 0.439. The molecule has 1 fully saturated rings. The first-order valence-corrected chi connectivity index (χ1v) is 15.3. The number of nitrogens with zero attached hydrogens (tertiary/aromatic N) is 4. The molecule has 2 aliphatic rings. The van der Waals surface area contributed by atoms with Crippen LogP contribution in [0.5, 0.6) is 0 Å². The summed E-state index contributed by atoms with van der Waals surface area (Å²) < 4.78 is 11.6. The van der Waals surface area contributed by atoms with Crippen LogP contribution in [0.3, 0.4) is 0 Å². The summed E-state index contributed by atoms with van der Waals surface area (Å²) in [6.07, 6.45) is 3.29. The highest BCUT2D eigenvalue weighted by Gasteiger charge is 2.38. The minimum atomic E-state index is -0.588. The predicted octanol–water partition coefficient (Wildman–Crippen LogP) is 4.08. The summed E-state index contributed by atoms with van der Waals surface area (Å²) in [7, 11) is 0. The molecule has 1 aliphatic heterocycles. The quantitative estimate of drug-likeness (QED) is 0.384. The number of rotatable bonds is 6. The van der Waals surface area contributed by atoms with Crippen LogP contribution in [0, 0.1) is 13.8 Å². The van der Waals surface area contributed by atoms with E-state index >= 15 is 0 Å². The van der Waals surface area contributed by atoms with E-state index in [1.165, 1.54) is 11.3 Å². The van der Waals surface area contributed by atoms with Crippen LogP contribution in [0.2, 0.25) is 0 Å². The normalized spacial score (nSPS) is 20.6. The number of hydrogen-bond acceptors (Lipinski definition) is 10. The second-order valence-electron chi connectivity index (χ2n) is 12.5. The Bertz CT molecular complexity index is 1500. The van der Waals surface area contributed by atoms with Gasteiger partial charge in [0, 0.05) is 42.1 Å². The number of amides is 2. The molecule has 3 aromatic rings. The summed E-state index contributed by atoms with van der Waals surface area (Å²) >= 11 is 1.34. The maximum Gasteiger partial charge on any atom is 0.408 e. The number of carbonyl (C=O) groups excluding carboxylic acids is 2. The van der Waals surface area contributed by atoms with Crippen LogP contribution in [0.25, 0.3) is 10.2 Å². The van der Waals surface area contributed by atoms with Crippen molar-refractivity contribution in [3.8, 4) is 0 Å². The average molecular weight is 596 g/mol. The first kappa shape index (κ1) is 30.0. The van der Waals surface area contributed by atoms with Crippen LogP contribution in [0.4, 0.5) is 16.4 Å². The molecule has 0 radical (unpaired) electrons. The number of hydrogen-bond donors (Lipinski definition) is 3. The lowest BCUT2D eigenvalue weighted by Crippen LogP contribution is -2.46. The van der Waals surface area contributed by atoms with Crippen molar-refractivity contribution in [3.63, 3.8) is 0 Å². The van der Waals surface area contributed by atoms with Crippen molar-refractivity contribution in [1.82, 2.24) is 25.6 Å². The van der Waals surface area contributed by atoms with Crippen molar-refractivity contribution in [2.24, 2.45) is 0 Å². The SMILES string of the molecule is Cc1cc(C)c2c(N)c(C(=O)N[C@H]3CCc4nc(N5CC(NC(=O)OC(C)(C)C)C(OC(C)C)C5)ncc4C3)sc2n1. The maximum absolute atomic E-state index is 13.2. The van der Waals surface area contributed by atoms with E-state index in [-0.39, 0.29) is 30.2 Å². The second-order valence-corrected chi connectivity index (χ2v) is 13.5. The molecule has 1 aliphatic carbocycles. The van der Waals surface area contributed by atoms with Gasteiger partial charge in [0.25, 0.3) is 5.91 Å². The van der Waals surface area contributed by atoms with Crippen molar-refractivity contribution >= 4 is 45.2 Å². The Morgan fingerprint density at radius 2 is 1.93 bits per heavy atom. The second kappa shape index (κ2) is 11.6. The zero-order chi connectivity index (χ0) is 30.3. The number of ether oxygens (including phenoxy) is 2. The lowest BCUT2D eigenvalue weighted by molar-refractivity contribution is 0.000666. The van der Waals surface area contributed by atoms with Gasteiger partial charge in [-0.05, 0) is 84.9 Å². The number of alkyl carbamates (subject to hydrolysis) is 1. The monoisotopic (exact) mass is 595 g/mol. The van der Waals surface area contributed by atoms with Crippen molar-refractivity contribution < 1.29 is 19.1 Å². The molecule has 0 aromatic carbocycles. The molecule has 12 heteroatoms. The summed E-state index contributed by atoms with van der Waals surface area (Å²) in [5.41, 5.74) is 10.2. The summed E-state index contributed by atoms with van der Waals surface area (Å²) in [4.78, 5) is 43.2. The number of aromatic nitrogens is 3. The molecule has 5 rings (SSSR count). The summed E-state index contributed by atoms with van der Waals surface area (Å²) in [6, 6.07) is 1.68. The Hall–Kier alpha value is -3.51. The third-order valence-corrected chi connectivity index (χ3v) is 8.50. The van der Waals surface area contributed by atoms with Gasteiger partial charge in [-0.3, -0.25) is 4.79 Å². The highest BCUT2D eigenvalue weighted by molar-refractivity contribution is 7.21. The van der Waals surface area contributed by atoms with Gasteiger partial charge in [0.1, 0.15) is 15.3 Å². The molecule has 1 saturated heterocycles. The smallest absolute Gasteiger partial charge is 0.408 e. The Morgan fingerprint density at radius 1 is 1.17 bits per heavy atom. The van der Waals surface area contributed by atoms with Gasteiger partial charge < -0.3 is 30.7 Å². The number of anilines is 2. The Labute approximate surface area is 250 Å². The molecule has 3 atom stereocenters. The highest BCUT2D eigenvalue weighted by atomic mass is 32.1. The van der Waals surface area contributed by atoms with Crippen molar-refractivity contribution in [2.45, 2.75) is 97.6 Å². The van der Waals surface area contributed by atoms with Crippen LogP contribution in [-0.2, 0) is 22.3 Å². The minimum Gasteiger partial charge on any atom is -0.444 e. The van der Waals surface area contributed by atoms with Crippen molar-refractivity contribution in [2.75, 3.05) is 23.7 Å². The number of carbonyl (C=O) groups is 2. The molecule has 2 unspecified atom stereocenters. The van der Waals surface area contributed by atoms with Gasteiger partial charge in [0.05, 0.1) is 23.9 Å². The van der Waals surface area contributed by atoms with E-state index in [0.717, 1.165) is 45.6 Å². The molecule has 11 nitrogen and oxygen atoms in total. The molecule has 42 heavy (non-hydrogen) atoms. The van der Waals surface area contributed by atoms with E-state index < -0.39 is 11.7 Å². The summed E-state index contributed by atoms with van der Waals surface area (Å²) in [5, 5.41) is 7.01. The number of fused-ring (bicyclic) bond motifs is 2. The molecule has 0 spiro atoms. The number of pyridine rings is 1. The summed E-state index contributed by atoms with van der Waals surface area (Å²) in [6.45, 7) is 14.5. The third kappa shape index (κ3) is 6.59. The van der Waals surface area contributed by atoms with E-state index in [4.69, 9.17) is 20.2 Å². The lowest BCUT2D eigenvalue weighted by Gasteiger charge is -2.26. The zero-order valence-electron chi connectivity index (χ0n) is 25.4. The van der Waals surface area contributed by atoms with Crippen LogP contribution < -0.4 is 21.3 Å². The van der Waals surface area contributed by atoms with Crippen LogP contribution in [-0.4, -0.2) is 69.9 Å². The fourth-order valence-corrected chi connectivity index (χ4v) is 6.80. The van der Waals surface area contributed by atoms with E-state index in [0.29, 0.717) is 36.0 Å². The standard InChI is InChI=1S/C30H41N7O4S/c1-15(2)40-22-14-37(13-21(22)36-29(39)41-30(5,6)7)28-32-12-18-11-19(8-9-20(18)35-28)34-26(38)25-24(31)23-16(3)10-17(4)33-27(23)42-25/h10,12,15,19,21-22H,8-9,11,13-14,31H2,1-7H3,(H,34,38)(H,36,39)/t19-,21?,22?/m0/s1. The fraction of sp³-hybridized carbons (Fsp3) is 0.567. The van der Waals surface area contributed by atoms with Crippen LogP contribution in [0.1, 0.15) is 73.2 Å². The number of aryl methyl sites for hydroxylation is 3. The number of nitrogens with two attached hydrogens (primary N) is 1. The number of thiophene rings is 1. The molecular weight excluding hydrogens is 554 g/mol. The highest BCUT2D eigenvalue weighted by Crippen LogP contribution is 2.35. The van der Waals surface area contributed by atoms with Crippen LogP contribution >= 0.6 is 11.3 Å². The maximum atomic E-state index is 13.2. The molecule has 4 heterocycles. The Kier molecular flexibility index (Phi) is 8.30. The molecule has 2 amide bonds. The van der Waals surface area contributed by atoms with E-state index in [9.17, 15) is 9.59 Å². The number of nitrogens with one attached hydrogen (secondary N) is 2. The lowest BCUT2D eigenvalue weighted by atomic mass is 9.93. The first-order valence-electron chi connectivity index (χ1n) is 14.5.